The molecule has 2 aromatic carbocycles. The predicted octanol–water partition coefficient (Wildman–Crippen LogP) is 3.09. The van der Waals surface area contributed by atoms with E-state index in [1.165, 1.54) is 31.2 Å². The summed E-state index contributed by atoms with van der Waals surface area (Å²) >= 11 is 0. The molecule has 2 N–H and O–H groups in total. The van der Waals surface area contributed by atoms with E-state index in [4.69, 9.17) is 4.74 Å². The Bertz CT molecular complexity index is 899. The smallest absolute Gasteiger partial charge is 0.338 e. The van der Waals surface area contributed by atoms with Crippen molar-refractivity contribution in [3.05, 3.63) is 71.3 Å². The van der Waals surface area contributed by atoms with Crippen LogP contribution < -0.4 is 10.6 Å². The number of amides is 3. The van der Waals surface area contributed by atoms with Crippen molar-refractivity contribution >= 4 is 23.7 Å². The van der Waals surface area contributed by atoms with Crippen molar-refractivity contribution in [2.75, 3.05) is 0 Å². The summed E-state index contributed by atoms with van der Waals surface area (Å²) in [6.45, 7) is 6.68. The molecular formula is C22H24N2O5. The Labute approximate surface area is 169 Å². The number of imide groups is 1. The Hall–Kier alpha value is -3.48. The maximum atomic E-state index is 12.4. The summed E-state index contributed by atoms with van der Waals surface area (Å²) in [5.41, 5.74) is 0.649. The lowest BCUT2D eigenvalue weighted by Crippen LogP contribution is -2.50. The number of carbonyl (C=O) groups is 4. The Balaban J connectivity index is 1.95. The van der Waals surface area contributed by atoms with Gasteiger partial charge in [0.05, 0.1) is 5.56 Å². The number of hydrogen-bond donors (Lipinski definition) is 2. The van der Waals surface area contributed by atoms with E-state index in [0.29, 0.717) is 11.1 Å². The molecule has 0 aliphatic carbocycles. The highest BCUT2D eigenvalue weighted by atomic mass is 16.5. The molecule has 0 bridgehead atoms. The minimum atomic E-state index is -1.17. The molecular weight excluding hydrogens is 372 g/mol. The molecule has 29 heavy (non-hydrogen) atoms. The highest BCUT2D eigenvalue weighted by molar-refractivity contribution is 6.09. The molecule has 0 heterocycles. The summed E-state index contributed by atoms with van der Waals surface area (Å²) in [4.78, 5) is 48.4. The van der Waals surface area contributed by atoms with Gasteiger partial charge < -0.3 is 10.1 Å². The molecule has 3 amide bonds. The first-order chi connectivity index (χ1) is 13.6. The predicted molar refractivity (Wildman–Crippen MR) is 108 cm³/mol. The van der Waals surface area contributed by atoms with Crippen LogP contribution in [0.2, 0.25) is 0 Å². The first kappa shape index (κ1) is 21.8. The van der Waals surface area contributed by atoms with E-state index in [2.05, 4.69) is 10.6 Å². The standard InChI is InChI=1S/C22H24N2O5/c1-14(19(26)23-21(28)24-22(2,3)4)29-20(27)17-12-10-16(11-13-17)18(25)15-8-6-5-7-9-15/h5-14H,1-4H3,(H2,23,24,26,28)/t14-/m0/s1. The second-order valence-corrected chi connectivity index (χ2v) is 7.51. The van der Waals surface area contributed by atoms with Crippen molar-refractivity contribution in [2.24, 2.45) is 0 Å². The molecule has 0 saturated carbocycles. The zero-order valence-electron chi connectivity index (χ0n) is 16.8. The fourth-order valence-electron chi connectivity index (χ4n) is 2.38. The van der Waals surface area contributed by atoms with Crippen LogP contribution in [0.25, 0.3) is 0 Å². The molecule has 7 heteroatoms. The number of rotatable bonds is 5. The summed E-state index contributed by atoms with van der Waals surface area (Å²) in [5, 5.41) is 4.70. The van der Waals surface area contributed by atoms with Gasteiger partial charge in [0, 0.05) is 16.7 Å². The molecule has 0 aromatic heterocycles. The lowest BCUT2D eigenvalue weighted by Gasteiger charge is -2.21. The van der Waals surface area contributed by atoms with E-state index in [1.54, 1.807) is 45.0 Å². The summed E-state index contributed by atoms with van der Waals surface area (Å²) in [5.74, 6) is -1.64. The average Bonchev–Trinajstić information content (AvgIpc) is 2.66. The number of nitrogens with one attached hydrogen (secondary N) is 2. The number of urea groups is 1. The second kappa shape index (κ2) is 9.14. The number of hydrogen-bond acceptors (Lipinski definition) is 5. The minimum absolute atomic E-state index is 0.164. The van der Waals surface area contributed by atoms with E-state index in [-0.39, 0.29) is 11.3 Å². The van der Waals surface area contributed by atoms with Crippen LogP contribution in [-0.4, -0.2) is 35.3 Å². The van der Waals surface area contributed by atoms with Gasteiger partial charge >= 0.3 is 12.0 Å². The third-order valence-corrected chi connectivity index (χ3v) is 3.80. The number of carbonyl (C=O) groups excluding carboxylic acids is 4. The second-order valence-electron chi connectivity index (χ2n) is 7.51. The van der Waals surface area contributed by atoms with Crippen molar-refractivity contribution in [2.45, 2.75) is 39.3 Å². The monoisotopic (exact) mass is 396 g/mol. The minimum Gasteiger partial charge on any atom is -0.449 e. The van der Waals surface area contributed by atoms with E-state index >= 15 is 0 Å². The third-order valence-electron chi connectivity index (χ3n) is 3.80. The molecule has 0 spiro atoms. The number of esters is 1. The molecule has 1 atom stereocenters. The van der Waals surface area contributed by atoms with E-state index < -0.39 is 29.6 Å². The maximum Gasteiger partial charge on any atom is 0.338 e. The normalized spacial score (nSPS) is 11.9. The van der Waals surface area contributed by atoms with Crippen LogP contribution in [0.5, 0.6) is 0 Å². The van der Waals surface area contributed by atoms with Gasteiger partial charge in [-0.3, -0.25) is 14.9 Å². The fraction of sp³-hybridized carbons (Fsp3) is 0.273. The molecule has 0 fully saturated rings. The highest BCUT2D eigenvalue weighted by Gasteiger charge is 2.23. The SMILES string of the molecule is C[C@H](OC(=O)c1ccc(C(=O)c2ccccc2)cc1)C(=O)NC(=O)NC(C)(C)C. The summed E-state index contributed by atoms with van der Waals surface area (Å²) in [7, 11) is 0. The molecule has 0 saturated heterocycles. The van der Waals surface area contributed by atoms with Gasteiger partial charge in [0.25, 0.3) is 5.91 Å². The quantitative estimate of drug-likeness (QED) is 0.597. The van der Waals surface area contributed by atoms with Gasteiger partial charge in [-0.2, -0.15) is 0 Å². The van der Waals surface area contributed by atoms with Crippen LogP contribution in [-0.2, 0) is 9.53 Å². The Morgan fingerprint density at radius 3 is 1.90 bits per heavy atom. The number of ketones is 1. The lowest BCUT2D eigenvalue weighted by molar-refractivity contribution is -0.127. The Kier molecular flexibility index (Phi) is 6.88. The first-order valence-electron chi connectivity index (χ1n) is 9.10. The zero-order chi connectivity index (χ0) is 21.6. The van der Waals surface area contributed by atoms with Gasteiger partial charge in [0.2, 0.25) is 0 Å². The van der Waals surface area contributed by atoms with Crippen LogP contribution in [0.4, 0.5) is 4.79 Å². The van der Waals surface area contributed by atoms with Crippen LogP contribution in [0.3, 0.4) is 0 Å². The first-order valence-corrected chi connectivity index (χ1v) is 9.10. The Morgan fingerprint density at radius 2 is 1.34 bits per heavy atom. The van der Waals surface area contributed by atoms with Gasteiger partial charge in [-0.25, -0.2) is 9.59 Å². The van der Waals surface area contributed by atoms with Gasteiger partial charge in [0.1, 0.15) is 0 Å². The average molecular weight is 396 g/mol. The Morgan fingerprint density at radius 1 is 0.828 bits per heavy atom. The summed E-state index contributed by atoms with van der Waals surface area (Å²) < 4.78 is 5.10. The van der Waals surface area contributed by atoms with Crippen molar-refractivity contribution in [1.29, 1.82) is 0 Å². The molecule has 2 rings (SSSR count). The van der Waals surface area contributed by atoms with Crippen LogP contribution >= 0.6 is 0 Å². The van der Waals surface area contributed by atoms with E-state index in [0.717, 1.165) is 0 Å². The fourth-order valence-corrected chi connectivity index (χ4v) is 2.38. The number of benzene rings is 2. The zero-order valence-corrected chi connectivity index (χ0v) is 16.8. The van der Waals surface area contributed by atoms with Gasteiger partial charge in [0.15, 0.2) is 11.9 Å². The molecule has 7 nitrogen and oxygen atoms in total. The van der Waals surface area contributed by atoms with Crippen molar-refractivity contribution in [1.82, 2.24) is 10.6 Å². The van der Waals surface area contributed by atoms with Crippen molar-refractivity contribution in [3.63, 3.8) is 0 Å². The highest BCUT2D eigenvalue weighted by Crippen LogP contribution is 2.12. The molecule has 2 aromatic rings. The van der Waals surface area contributed by atoms with Crippen molar-refractivity contribution in [3.8, 4) is 0 Å². The summed E-state index contributed by atoms with van der Waals surface area (Å²) in [6.07, 6.45) is -1.17. The van der Waals surface area contributed by atoms with Crippen LogP contribution in [0.1, 0.15) is 54.0 Å². The van der Waals surface area contributed by atoms with Gasteiger partial charge in [-0.05, 0) is 39.8 Å². The largest absolute Gasteiger partial charge is 0.449 e. The van der Waals surface area contributed by atoms with E-state index in [1.807, 2.05) is 6.07 Å². The van der Waals surface area contributed by atoms with E-state index in [9.17, 15) is 19.2 Å². The topological polar surface area (TPSA) is 102 Å². The van der Waals surface area contributed by atoms with Gasteiger partial charge in [-0.1, -0.05) is 42.5 Å². The maximum absolute atomic E-state index is 12.4. The third kappa shape index (κ3) is 6.57. The molecule has 0 aliphatic rings. The number of ether oxygens (including phenoxy) is 1. The van der Waals surface area contributed by atoms with Crippen LogP contribution in [0.15, 0.2) is 54.6 Å². The molecule has 0 aliphatic heterocycles. The molecule has 152 valence electrons. The van der Waals surface area contributed by atoms with Crippen LogP contribution in [0, 0.1) is 0 Å². The van der Waals surface area contributed by atoms with Crippen molar-refractivity contribution < 1.29 is 23.9 Å². The lowest BCUT2D eigenvalue weighted by atomic mass is 10.0. The summed E-state index contributed by atoms with van der Waals surface area (Å²) in [6, 6.07) is 14.1. The molecule has 0 unspecified atom stereocenters. The molecule has 0 radical (unpaired) electrons. The van der Waals surface area contributed by atoms with Gasteiger partial charge in [-0.15, -0.1) is 0 Å².